The van der Waals surface area contributed by atoms with Gasteiger partial charge in [0, 0.05) is 19.1 Å². The highest BCUT2D eigenvalue weighted by molar-refractivity contribution is 5.73. The maximum absolute atomic E-state index is 11.6. The number of carbonyl (C=O) groups is 1. The fraction of sp³-hybridized carbons (Fsp3) is 0.471. The number of carboxylic acids is 1. The normalized spacial score (nSPS) is 20.4. The van der Waals surface area contributed by atoms with Gasteiger partial charge in [-0.25, -0.2) is 0 Å². The summed E-state index contributed by atoms with van der Waals surface area (Å²) in [5.74, 6) is -0.754. The number of aliphatic carboxylic acids is 1. The number of carboxylic acid groups (broad SMARTS) is 1. The molecule has 2 unspecified atom stereocenters. The maximum Gasteiger partial charge on any atom is 0.320 e. The van der Waals surface area contributed by atoms with Gasteiger partial charge in [-0.05, 0) is 31.7 Å². The molecule has 1 aromatic rings. The maximum atomic E-state index is 11.6. The van der Waals surface area contributed by atoms with Crippen LogP contribution in [0, 0.1) is 6.92 Å². The number of benzene rings is 1. The van der Waals surface area contributed by atoms with Crippen molar-refractivity contribution in [3.63, 3.8) is 0 Å². The SMILES string of the molecule is Cc1ccc(CCC(C(=O)O)N2CCC=CC2CN)cc1. The lowest BCUT2D eigenvalue weighted by atomic mass is 9.99. The Kier molecular flexibility index (Phi) is 5.53. The standard InChI is InChI=1S/C17H24N2O2/c1-13-5-7-14(8-6-13)9-10-16(17(20)21)19-11-3-2-4-15(19)12-18/h2,4-8,15-16H,3,9-12,18H2,1H3,(H,20,21). The van der Waals surface area contributed by atoms with Crippen LogP contribution in [0.2, 0.25) is 0 Å². The molecule has 21 heavy (non-hydrogen) atoms. The summed E-state index contributed by atoms with van der Waals surface area (Å²) >= 11 is 0. The molecule has 0 fully saturated rings. The third-order valence-electron chi connectivity index (χ3n) is 4.09. The van der Waals surface area contributed by atoms with E-state index in [2.05, 4.69) is 37.3 Å². The lowest BCUT2D eigenvalue weighted by Crippen LogP contribution is -2.51. The molecule has 3 N–H and O–H groups in total. The zero-order chi connectivity index (χ0) is 15.2. The molecule has 0 spiro atoms. The van der Waals surface area contributed by atoms with Crippen molar-refractivity contribution in [3.05, 3.63) is 47.5 Å². The van der Waals surface area contributed by atoms with E-state index in [-0.39, 0.29) is 6.04 Å². The van der Waals surface area contributed by atoms with Crippen LogP contribution in [0.4, 0.5) is 0 Å². The Morgan fingerprint density at radius 1 is 1.43 bits per heavy atom. The van der Waals surface area contributed by atoms with Crippen LogP contribution in [0.15, 0.2) is 36.4 Å². The monoisotopic (exact) mass is 288 g/mol. The second-order valence-corrected chi connectivity index (χ2v) is 5.64. The molecule has 1 heterocycles. The first-order valence-electron chi connectivity index (χ1n) is 7.52. The number of aryl methyl sites for hydroxylation is 2. The lowest BCUT2D eigenvalue weighted by Gasteiger charge is -2.36. The van der Waals surface area contributed by atoms with Crippen LogP contribution in [0.25, 0.3) is 0 Å². The van der Waals surface area contributed by atoms with Crippen molar-refractivity contribution in [2.24, 2.45) is 5.73 Å². The van der Waals surface area contributed by atoms with Gasteiger partial charge in [-0.3, -0.25) is 9.69 Å². The van der Waals surface area contributed by atoms with Crippen molar-refractivity contribution in [2.45, 2.75) is 38.3 Å². The summed E-state index contributed by atoms with van der Waals surface area (Å²) in [4.78, 5) is 13.7. The molecule has 0 radical (unpaired) electrons. The summed E-state index contributed by atoms with van der Waals surface area (Å²) in [6.45, 7) is 3.28. The average Bonchev–Trinajstić information content (AvgIpc) is 2.49. The minimum atomic E-state index is -0.754. The Bertz CT molecular complexity index is 496. The topological polar surface area (TPSA) is 66.6 Å². The van der Waals surface area contributed by atoms with E-state index in [0.29, 0.717) is 13.0 Å². The lowest BCUT2D eigenvalue weighted by molar-refractivity contribution is -0.144. The van der Waals surface area contributed by atoms with Crippen LogP contribution in [-0.2, 0) is 11.2 Å². The molecule has 0 bridgehead atoms. The van der Waals surface area contributed by atoms with E-state index in [4.69, 9.17) is 5.73 Å². The van der Waals surface area contributed by atoms with Crippen LogP contribution in [0.3, 0.4) is 0 Å². The molecule has 4 heteroatoms. The zero-order valence-corrected chi connectivity index (χ0v) is 12.5. The average molecular weight is 288 g/mol. The summed E-state index contributed by atoms with van der Waals surface area (Å²) in [6, 6.07) is 7.85. The molecule has 0 saturated heterocycles. The van der Waals surface area contributed by atoms with Crippen LogP contribution >= 0.6 is 0 Å². The van der Waals surface area contributed by atoms with E-state index in [0.717, 1.165) is 19.4 Å². The van der Waals surface area contributed by atoms with Crippen LogP contribution in [-0.4, -0.2) is 41.1 Å². The fourth-order valence-corrected chi connectivity index (χ4v) is 2.84. The molecule has 1 aromatic carbocycles. The predicted octanol–water partition coefficient (Wildman–Crippen LogP) is 1.97. The van der Waals surface area contributed by atoms with Crippen molar-refractivity contribution in [1.29, 1.82) is 0 Å². The van der Waals surface area contributed by atoms with Gasteiger partial charge < -0.3 is 10.8 Å². The van der Waals surface area contributed by atoms with E-state index < -0.39 is 12.0 Å². The van der Waals surface area contributed by atoms with Gasteiger partial charge in [0.15, 0.2) is 0 Å². The third-order valence-corrected chi connectivity index (χ3v) is 4.09. The van der Waals surface area contributed by atoms with Crippen molar-refractivity contribution in [2.75, 3.05) is 13.1 Å². The minimum absolute atomic E-state index is 0.0397. The second-order valence-electron chi connectivity index (χ2n) is 5.64. The Morgan fingerprint density at radius 2 is 2.14 bits per heavy atom. The highest BCUT2D eigenvalue weighted by atomic mass is 16.4. The Hall–Kier alpha value is -1.65. The molecule has 1 aliphatic heterocycles. The predicted molar refractivity (Wildman–Crippen MR) is 84.2 cm³/mol. The smallest absolute Gasteiger partial charge is 0.320 e. The summed E-state index contributed by atoms with van der Waals surface area (Å²) in [7, 11) is 0. The van der Waals surface area contributed by atoms with E-state index in [1.807, 2.05) is 11.0 Å². The molecular formula is C17H24N2O2. The number of rotatable bonds is 6. The first-order valence-corrected chi connectivity index (χ1v) is 7.52. The number of nitrogens with two attached hydrogens (primary N) is 1. The van der Waals surface area contributed by atoms with Gasteiger partial charge in [0.2, 0.25) is 0 Å². The van der Waals surface area contributed by atoms with Gasteiger partial charge in [0.1, 0.15) is 6.04 Å². The third kappa shape index (κ3) is 4.16. The Labute approximate surface area is 126 Å². The van der Waals surface area contributed by atoms with Gasteiger partial charge in [-0.15, -0.1) is 0 Å². The van der Waals surface area contributed by atoms with Gasteiger partial charge in [-0.1, -0.05) is 42.0 Å². The van der Waals surface area contributed by atoms with Crippen molar-refractivity contribution < 1.29 is 9.90 Å². The van der Waals surface area contributed by atoms with Gasteiger partial charge in [-0.2, -0.15) is 0 Å². The molecule has 0 amide bonds. The van der Waals surface area contributed by atoms with E-state index in [1.54, 1.807) is 0 Å². The van der Waals surface area contributed by atoms with Gasteiger partial charge in [0.25, 0.3) is 0 Å². The first kappa shape index (κ1) is 15.7. The molecule has 0 aromatic heterocycles. The van der Waals surface area contributed by atoms with E-state index in [9.17, 15) is 9.90 Å². The molecule has 2 rings (SSSR count). The Balaban J connectivity index is 2.03. The van der Waals surface area contributed by atoms with Crippen molar-refractivity contribution in [1.82, 2.24) is 4.90 Å². The molecule has 0 aliphatic carbocycles. The molecule has 1 aliphatic rings. The highest BCUT2D eigenvalue weighted by Crippen LogP contribution is 2.18. The number of hydrogen-bond acceptors (Lipinski definition) is 3. The van der Waals surface area contributed by atoms with Crippen LogP contribution in [0.5, 0.6) is 0 Å². The minimum Gasteiger partial charge on any atom is -0.480 e. The molecule has 0 saturated carbocycles. The first-order chi connectivity index (χ1) is 10.1. The molecule has 114 valence electrons. The zero-order valence-electron chi connectivity index (χ0n) is 12.5. The molecule has 2 atom stereocenters. The molecule has 4 nitrogen and oxygen atoms in total. The van der Waals surface area contributed by atoms with Gasteiger partial charge in [0.05, 0.1) is 0 Å². The highest BCUT2D eigenvalue weighted by Gasteiger charge is 2.30. The van der Waals surface area contributed by atoms with E-state index >= 15 is 0 Å². The van der Waals surface area contributed by atoms with Crippen LogP contribution < -0.4 is 5.73 Å². The quantitative estimate of drug-likeness (QED) is 0.785. The summed E-state index contributed by atoms with van der Waals surface area (Å²) < 4.78 is 0. The fourth-order valence-electron chi connectivity index (χ4n) is 2.84. The number of hydrogen-bond donors (Lipinski definition) is 2. The second kappa shape index (κ2) is 7.38. The summed E-state index contributed by atoms with van der Waals surface area (Å²) in [5.41, 5.74) is 8.17. The van der Waals surface area contributed by atoms with E-state index in [1.165, 1.54) is 11.1 Å². The van der Waals surface area contributed by atoms with Gasteiger partial charge >= 0.3 is 5.97 Å². The van der Waals surface area contributed by atoms with Crippen LogP contribution in [0.1, 0.15) is 24.0 Å². The van der Waals surface area contributed by atoms with Crippen molar-refractivity contribution >= 4 is 5.97 Å². The Morgan fingerprint density at radius 3 is 2.76 bits per heavy atom. The summed E-state index contributed by atoms with van der Waals surface area (Å²) in [5, 5.41) is 9.55. The van der Waals surface area contributed by atoms with Crippen molar-refractivity contribution in [3.8, 4) is 0 Å². The summed E-state index contributed by atoms with van der Waals surface area (Å²) in [6.07, 6.45) is 6.40. The largest absolute Gasteiger partial charge is 0.480 e. The number of nitrogens with zero attached hydrogens (tertiary/aromatic N) is 1. The molecular weight excluding hydrogens is 264 g/mol.